The third-order valence-electron chi connectivity index (χ3n) is 6.95. The lowest BCUT2D eigenvalue weighted by molar-refractivity contribution is -0.123. The Labute approximate surface area is 200 Å². The average Bonchev–Trinajstić information content (AvgIpc) is 3.29. The normalized spacial score (nSPS) is 20.6. The smallest absolute Gasteiger partial charge is 0.265 e. The van der Waals surface area contributed by atoms with Crippen LogP contribution < -0.4 is 24.6 Å². The van der Waals surface area contributed by atoms with E-state index in [1.807, 2.05) is 36.4 Å². The first-order valence-electron chi connectivity index (χ1n) is 12.0. The maximum atomic E-state index is 13.1. The van der Waals surface area contributed by atoms with Gasteiger partial charge in [-0.25, -0.2) is 0 Å². The van der Waals surface area contributed by atoms with Gasteiger partial charge in [0.1, 0.15) is 11.5 Å². The van der Waals surface area contributed by atoms with Gasteiger partial charge in [-0.2, -0.15) is 0 Å². The monoisotopic (exact) mass is 464 g/mol. The van der Waals surface area contributed by atoms with Gasteiger partial charge in [-0.05, 0) is 56.6 Å². The Morgan fingerprint density at radius 3 is 2.50 bits per heavy atom. The molecule has 8 heteroatoms. The van der Waals surface area contributed by atoms with Crippen molar-refractivity contribution in [3.8, 4) is 11.5 Å². The summed E-state index contributed by atoms with van der Waals surface area (Å²) in [5, 5.41) is 2.99. The van der Waals surface area contributed by atoms with Crippen molar-refractivity contribution in [2.45, 2.75) is 31.8 Å². The van der Waals surface area contributed by atoms with Crippen molar-refractivity contribution < 1.29 is 19.1 Å². The first kappa shape index (κ1) is 22.5. The third-order valence-corrected chi connectivity index (χ3v) is 6.95. The summed E-state index contributed by atoms with van der Waals surface area (Å²) in [6, 6.07) is 11.5. The number of carbonyl (C=O) groups is 2. The number of fused-ring (bicyclic) bond motifs is 1. The number of carbonyl (C=O) groups excluding carboxylic acids is 2. The Morgan fingerprint density at radius 2 is 1.82 bits per heavy atom. The van der Waals surface area contributed by atoms with Crippen LogP contribution in [-0.4, -0.2) is 69.7 Å². The maximum absolute atomic E-state index is 13.1. The molecule has 2 fully saturated rings. The Kier molecular flexibility index (Phi) is 6.32. The zero-order valence-corrected chi connectivity index (χ0v) is 19.9. The summed E-state index contributed by atoms with van der Waals surface area (Å²) in [4.78, 5) is 31.5. The standard InChI is InChI=1S/C26H32N4O4/c1-28-12-14-29(15-13-28)22-17-21(33-2)16-18-5-10-23(34-25(18)22)26(32)27-19-6-8-20(9-7-19)30-11-3-4-24(30)31/h6-9,16-17,23H,3-5,10-15H2,1-2H3,(H,27,32). The van der Waals surface area contributed by atoms with E-state index in [1.165, 1.54) is 0 Å². The summed E-state index contributed by atoms with van der Waals surface area (Å²) >= 11 is 0. The average molecular weight is 465 g/mol. The second kappa shape index (κ2) is 9.54. The van der Waals surface area contributed by atoms with Crippen LogP contribution in [0.3, 0.4) is 0 Å². The van der Waals surface area contributed by atoms with Crippen molar-refractivity contribution in [1.82, 2.24) is 4.90 Å². The number of amides is 2. The van der Waals surface area contributed by atoms with Crippen LogP contribution in [0.25, 0.3) is 0 Å². The van der Waals surface area contributed by atoms with Crippen LogP contribution in [-0.2, 0) is 16.0 Å². The Hall–Kier alpha value is -3.26. The third kappa shape index (κ3) is 4.55. The van der Waals surface area contributed by atoms with Crippen LogP contribution in [0.15, 0.2) is 36.4 Å². The van der Waals surface area contributed by atoms with Crippen molar-refractivity contribution in [1.29, 1.82) is 0 Å². The number of hydrogen-bond donors (Lipinski definition) is 1. The fraction of sp³-hybridized carbons (Fsp3) is 0.462. The molecule has 180 valence electrons. The molecule has 0 saturated carbocycles. The first-order valence-corrected chi connectivity index (χ1v) is 12.0. The van der Waals surface area contributed by atoms with Crippen LogP contribution in [0.1, 0.15) is 24.8 Å². The summed E-state index contributed by atoms with van der Waals surface area (Å²) in [5.41, 5.74) is 3.65. The molecular weight excluding hydrogens is 432 g/mol. The highest BCUT2D eigenvalue weighted by Crippen LogP contribution is 2.41. The van der Waals surface area contributed by atoms with Crippen LogP contribution >= 0.6 is 0 Å². The minimum atomic E-state index is -0.563. The lowest BCUT2D eigenvalue weighted by Crippen LogP contribution is -2.45. The van der Waals surface area contributed by atoms with E-state index in [0.717, 1.165) is 74.0 Å². The number of piperazine rings is 1. The van der Waals surface area contributed by atoms with Crippen LogP contribution in [0.2, 0.25) is 0 Å². The highest BCUT2D eigenvalue weighted by molar-refractivity contribution is 5.97. The molecule has 1 atom stereocenters. The van der Waals surface area contributed by atoms with Gasteiger partial charge in [-0.15, -0.1) is 0 Å². The molecule has 3 aliphatic rings. The predicted octanol–water partition coefficient (Wildman–Crippen LogP) is 2.91. The molecule has 2 saturated heterocycles. The second-order valence-electron chi connectivity index (χ2n) is 9.26. The Bertz CT molecular complexity index is 1060. The zero-order valence-electron chi connectivity index (χ0n) is 19.9. The number of methoxy groups -OCH3 is 1. The number of rotatable bonds is 5. The van der Waals surface area contributed by atoms with Gasteiger partial charge >= 0.3 is 0 Å². The molecule has 1 unspecified atom stereocenters. The van der Waals surface area contributed by atoms with Crippen molar-refractivity contribution >= 4 is 28.9 Å². The second-order valence-corrected chi connectivity index (χ2v) is 9.26. The van der Waals surface area contributed by atoms with Gasteiger partial charge in [-0.3, -0.25) is 9.59 Å². The topological polar surface area (TPSA) is 74.4 Å². The van der Waals surface area contributed by atoms with E-state index >= 15 is 0 Å². The number of anilines is 3. The zero-order chi connectivity index (χ0) is 23.7. The van der Waals surface area contributed by atoms with E-state index in [0.29, 0.717) is 18.5 Å². The molecule has 0 spiro atoms. The van der Waals surface area contributed by atoms with Crippen molar-refractivity contribution in [2.75, 3.05) is 62.0 Å². The molecule has 1 N–H and O–H groups in total. The van der Waals surface area contributed by atoms with Crippen LogP contribution in [0, 0.1) is 0 Å². The number of nitrogens with one attached hydrogen (secondary N) is 1. The molecule has 2 amide bonds. The minimum absolute atomic E-state index is 0.152. The Balaban J connectivity index is 1.30. The molecule has 2 aromatic carbocycles. The van der Waals surface area contributed by atoms with Gasteiger partial charge < -0.3 is 29.5 Å². The lowest BCUT2D eigenvalue weighted by Gasteiger charge is -2.37. The number of nitrogens with zero attached hydrogens (tertiary/aromatic N) is 3. The molecule has 3 aliphatic heterocycles. The molecule has 2 aromatic rings. The van der Waals surface area contributed by atoms with Crippen molar-refractivity contribution in [2.24, 2.45) is 0 Å². The number of benzene rings is 2. The molecule has 3 heterocycles. The molecular formula is C26H32N4O4. The summed E-state index contributed by atoms with van der Waals surface area (Å²) in [7, 11) is 3.81. The summed E-state index contributed by atoms with van der Waals surface area (Å²) in [6.45, 7) is 4.52. The molecule has 5 rings (SSSR count). The van der Waals surface area contributed by atoms with Gasteiger partial charge in [0.05, 0.1) is 12.8 Å². The molecule has 0 bridgehead atoms. The maximum Gasteiger partial charge on any atom is 0.265 e. The van der Waals surface area contributed by atoms with Gasteiger partial charge in [0.25, 0.3) is 5.91 Å². The predicted molar refractivity (Wildman–Crippen MR) is 132 cm³/mol. The number of aryl methyl sites for hydroxylation is 1. The van der Waals surface area contributed by atoms with Crippen LogP contribution in [0.5, 0.6) is 11.5 Å². The number of likely N-dealkylation sites (N-methyl/N-ethyl adjacent to an activating group) is 1. The molecule has 0 aromatic heterocycles. The van der Waals surface area contributed by atoms with E-state index in [1.54, 1.807) is 12.0 Å². The minimum Gasteiger partial charge on any atom is -0.497 e. The van der Waals surface area contributed by atoms with E-state index in [9.17, 15) is 9.59 Å². The van der Waals surface area contributed by atoms with Gasteiger partial charge in [0.2, 0.25) is 5.91 Å². The van der Waals surface area contributed by atoms with Gasteiger partial charge in [-0.1, -0.05) is 0 Å². The Morgan fingerprint density at radius 1 is 1.06 bits per heavy atom. The largest absolute Gasteiger partial charge is 0.497 e. The van der Waals surface area contributed by atoms with Gasteiger partial charge in [0, 0.05) is 62.1 Å². The van der Waals surface area contributed by atoms with E-state index in [4.69, 9.17) is 9.47 Å². The summed E-state index contributed by atoms with van der Waals surface area (Å²) < 4.78 is 11.9. The quantitative estimate of drug-likeness (QED) is 0.734. The highest BCUT2D eigenvalue weighted by atomic mass is 16.5. The van der Waals surface area contributed by atoms with E-state index in [-0.39, 0.29) is 11.8 Å². The first-order chi connectivity index (χ1) is 16.5. The van der Waals surface area contributed by atoms with Crippen molar-refractivity contribution in [3.63, 3.8) is 0 Å². The number of hydrogen-bond acceptors (Lipinski definition) is 6. The number of ether oxygens (including phenoxy) is 2. The lowest BCUT2D eigenvalue weighted by atomic mass is 9.99. The van der Waals surface area contributed by atoms with E-state index < -0.39 is 6.10 Å². The SMILES string of the molecule is COc1cc2c(c(N3CCN(C)CC3)c1)OC(C(=O)Nc1ccc(N3CCCC3=O)cc1)CC2. The fourth-order valence-electron chi connectivity index (χ4n) is 4.91. The summed E-state index contributed by atoms with van der Waals surface area (Å²) in [6.07, 6.45) is 2.28. The van der Waals surface area contributed by atoms with Crippen molar-refractivity contribution in [3.05, 3.63) is 42.0 Å². The molecule has 34 heavy (non-hydrogen) atoms. The van der Waals surface area contributed by atoms with Gasteiger partial charge in [0.15, 0.2) is 6.10 Å². The summed E-state index contributed by atoms with van der Waals surface area (Å²) in [5.74, 6) is 1.60. The van der Waals surface area contributed by atoms with E-state index in [2.05, 4.69) is 22.2 Å². The fourth-order valence-corrected chi connectivity index (χ4v) is 4.91. The molecule has 0 aliphatic carbocycles. The molecule has 8 nitrogen and oxygen atoms in total. The highest BCUT2D eigenvalue weighted by Gasteiger charge is 2.31. The molecule has 0 radical (unpaired) electrons. The van der Waals surface area contributed by atoms with Crippen LogP contribution in [0.4, 0.5) is 17.1 Å².